The molecule has 1 unspecified atom stereocenters. The molecule has 0 nitrogen and oxygen atoms in total. The number of halogens is 1. The molecule has 11 heavy (non-hydrogen) atoms. The average molecular weight is 160 g/mol. The molecule has 0 bridgehead atoms. The summed E-state index contributed by atoms with van der Waals surface area (Å²) in [5.74, 6) is 0. The zero-order valence-corrected chi connectivity index (χ0v) is 8.12. The van der Waals surface area contributed by atoms with Crippen LogP contribution in [0.25, 0.3) is 0 Å². The molecule has 1 heteroatoms. The highest BCUT2D eigenvalue weighted by Crippen LogP contribution is 2.28. The van der Waals surface area contributed by atoms with E-state index in [0.29, 0.717) is 6.42 Å². The Balaban J connectivity index is 3.68. The van der Waals surface area contributed by atoms with E-state index in [4.69, 9.17) is 0 Å². The molecule has 0 radical (unpaired) electrons. The van der Waals surface area contributed by atoms with Gasteiger partial charge in [0.1, 0.15) is 5.67 Å². The van der Waals surface area contributed by atoms with Crippen LogP contribution in [0.1, 0.15) is 59.3 Å². The minimum atomic E-state index is -0.856. The second kappa shape index (κ2) is 5.56. The van der Waals surface area contributed by atoms with Crippen molar-refractivity contribution in [3.05, 3.63) is 0 Å². The summed E-state index contributed by atoms with van der Waals surface area (Å²) in [6.45, 7) is 6.11. The van der Waals surface area contributed by atoms with Crippen molar-refractivity contribution in [2.75, 3.05) is 0 Å². The molecule has 0 aliphatic rings. The molecule has 0 aromatic rings. The van der Waals surface area contributed by atoms with Crippen molar-refractivity contribution in [2.45, 2.75) is 65.0 Å². The molecule has 0 aliphatic heterocycles. The van der Waals surface area contributed by atoms with Gasteiger partial charge in [-0.05, 0) is 19.3 Å². The maximum atomic E-state index is 13.7. The smallest absolute Gasteiger partial charge is 0.110 e. The summed E-state index contributed by atoms with van der Waals surface area (Å²) in [6, 6.07) is 0. The summed E-state index contributed by atoms with van der Waals surface area (Å²) in [5.41, 5.74) is -0.856. The van der Waals surface area contributed by atoms with Crippen LogP contribution in [0.3, 0.4) is 0 Å². The Morgan fingerprint density at radius 2 is 1.64 bits per heavy atom. The van der Waals surface area contributed by atoms with E-state index in [2.05, 4.69) is 13.8 Å². The van der Waals surface area contributed by atoms with Gasteiger partial charge in [-0.3, -0.25) is 0 Å². The van der Waals surface area contributed by atoms with E-state index in [1.54, 1.807) is 0 Å². The van der Waals surface area contributed by atoms with E-state index < -0.39 is 5.67 Å². The van der Waals surface area contributed by atoms with Crippen molar-refractivity contribution >= 4 is 0 Å². The Bertz CT molecular complexity index is 90.9. The molecular formula is C10H21F. The third kappa shape index (κ3) is 4.39. The van der Waals surface area contributed by atoms with Gasteiger partial charge in [-0.15, -0.1) is 0 Å². The van der Waals surface area contributed by atoms with Crippen LogP contribution in [0.2, 0.25) is 0 Å². The first kappa shape index (κ1) is 10.9. The largest absolute Gasteiger partial charge is 0.244 e. The summed E-state index contributed by atoms with van der Waals surface area (Å²) in [4.78, 5) is 0. The van der Waals surface area contributed by atoms with Crippen LogP contribution in [0.4, 0.5) is 4.39 Å². The van der Waals surface area contributed by atoms with E-state index in [-0.39, 0.29) is 0 Å². The van der Waals surface area contributed by atoms with Crippen molar-refractivity contribution < 1.29 is 4.39 Å². The third-order valence-electron chi connectivity index (χ3n) is 2.31. The summed E-state index contributed by atoms with van der Waals surface area (Å²) in [5, 5.41) is 0. The zero-order valence-electron chi connectivity index (χ0n) is 8.12. The minimum Gasteiger partial charge on any atom is -0.244 e. The molecule has 68 valence electrons. The highest BCUT2D eigenvalue weighted by Gasteiger charge is 2.24. The zero-order chi connectivity index (χ0) is 8.74. The molecule has 0 aromatic carbocycles. The Labute approximate surface area is 70.2 Å². The van der Waals surface area contributed by atoms with E-state index in [0.717, 1.165) is 32.1 Å². The van der Waals surface area contributed by atoms with Crippen LogP contribution >= 0.6 is 0 Å². The Kier molecular flexibility index (Phi) is 5.53. The fourth-order valence-electron chi connectivity index (χ4n) is 1.42. The molecule has 0 heterocycles. The van der Waals surface area contributed by atoms with Crippen molar-refractivity contribution in [3.8, 4) is 0 Å². The van der Waals surface area contributed by atoms with Crippen molar-refractivity contribution in [1.29, 1.82) is 0 Å². The first-order valence-corrected chi connectivity index (χ1v) is 4.87. The van der Waals surface area contributed by atoms with Crippen LogP contribution in [-0.4, -0.2) is 5.67 Å². The lowest BCUT2D eigenvalue weighted by atomic mass is 9.91. The van der Waals surface area contributed by atoms with Gasteiger partial charge in [0.05, 0.1) is 0 Å². The first-order chi connectivity index (χ1) is 5.18. The molecule has 0 rings (SSSR count). The fourth-order valence-corrected chi connectivity index (χ4v) is 1.42. The standard InChI is InChI=1S/C10H21F/c1-4-7-9-10(11,6-3)8-5-2/h4-9H2,1-3H3. The molecule has 0 aromatic heterocycles. The molecule has 0 saturated carbocycles. The topological polar surface area (TPSA) is 0 Å². The Hall–Kier alpha value is -0.0700. The quantitative estimate of drug-likeness (QED) is 0.549. The lowest BCUT2D eigenvalue weighted by molar-refractivity contribution is 0.126. The fraction of sp³-hybridized carbons (Fsp3) is 1.00. The number of unbranched alkanes of at least 4 members (excludes halogenated alkanes) is 1. The molecular weight excluding hydrogens is 139 g/mol. The summed E-state index contributed by atoms with van der Waals surface area (Å²) in [7, 11) is 0. The summed E-state index contributed by atoms with van der Waals surface area (Å²) >= 11 is 0. The Morgan fingerprint density at radius 1 is 1.00 bits per heavy atom. The van der Waals surface area contributed by atoms with Crippen molar-refractivity contribution in [3.63, 3.8) is 0 Å². The first-order valence-electron chi connectivity index (χ1n) is 4.87. The molecule has 0 saturated heterocycles. The van der Waals surface area contributed by atoms with Crippen molar-refractivity contribution in [1.82, 2.24) is 0 Å². The molecule has 1 atom stereocenters. The second-order valence-corrected chi connectivity index (χ2v) is 3.36. The number of hydrogen-bond donors (Lipinski definition) is 0. The van der Waals surface area contributed by atoms with Crippen LogP contribution in [0.15, 0.2) is 0 Å². The van der Waals surface area contributed by atoms with Gasteiger partial charge in [-0.2, -0.15) is 0 Å². The molecule has 0 spiro atoms. The van der Waals surface area contributed by atoms with E-state index in [1.807, 2.05) is 6.92 Å². The molecule has 0 fully saturated rings. The van der Waals surface area contributed by atoms with E-state index >= 15 is 0 Å². The molecule has 0 aliphatic carbocycles. The average Bonchev–Trinajstić information content (AvgIpc) is 2.02. The van der Waals surface area contributed by atoms with Gasteiger partial charge in [-0.1, -0.05) is 40.0 Å². The maximum absolute atomic E-state index is 13.7. The molecule has 0 N–H and O–H groups in total. The third-order valence-corrected chi connectivity index (χ3v) is 2.31. The Morgan fingerprint density at radius 3 is 2.00 bits per heavy atom. The number of hydrogen-bond acceptors (Lipinski definition) is 0. The van der Waals surface area contributed by atoms with Gasteiger partial charge in [-0.25, -0.2) is 4.39 Å². The van der Waals surface area contributed by atoms with Crippen LogP contribution in [0.5, 0.6) is 0 Å². The van der Waals surface area contributed by atoms with Crippen LogP contribution in [0, 0.1) is 0 Å². The normalized spacial score (nSPS) is 16.4. The van der Waals surface area contributed by atoms with Gasteiger partial charge in [0.2, 0.25) is 0 Å². The highest BCUT2D eigenvalue weighted by atomic mass is 19.1. The van der Waals surface area contributed by atoms with Gasteiger partial charge in [0.15, 0.2) is 0 Å². The summed E-state index contributed by atoms with van der Waals surface area (Å²) < 4.78 is 13.7. The van der Waals surface area contributed by atoms with E-state index in [1.165, 1.54) is 0 Å². The predicted octanol–water partition coefficient (Wildman–Crippen LogP) is 4.10. The lowest BCUT2D eigenvalue weighted by Gasteiger charge is -2.22. The van der Waals surface area contributed by atoms with Gasteiger partial charge in [0.25, 0.3) is 0 Å². The molecule has 0 amide bonds. The number of alkyl halides is 1. The van der Waals surface area contributed by atoms with Gasteiger partial charge in [0, 0.05) is 0 Å². The van der Waals surface area contributed by atoms with Gasteiger partial charge < -0.3 is 0 Å². The van der Waals surface area contributed by atoms with Gasteiger partial charge >= 0.3 is 0 Å². The summed E-state index contributed by atoms with van der Waals surface area (Å²) in [6.07, 6.45) is 5.28. The minimum absolute atomic E-state index is 0.681. The maximum Gasteiger partial charge on any atom is 0.110 e. The lowest BCUT2D eigenvalue weighted by Crippen LogP contribution is -2.20. The predicted molar refractivity (Wildman–Crippen MR) is 48.6 cm³/mol. The van der Waals surface area contributed by atoms with E-state index in [9.17, 15) is 4.39 Å². The monoisotopic (exact) mass is 160 g/mol. The second-order valence-electron chi connectivity index (χ2n) is 3.36. The highest BCUT2D eigenvalue weighted by molar-refractivity contribution is 4.76. The SMILES string of the molecule is CCCCC(F)(CC)CCC. The van der Waals surface area contributed by atoms with Crippen molar-refractivity contribution in [2.24, 2.45) is 0 Å². The van der Waals surface area contributed by atoms with Crippen LogP contribution in [-0.2, 0) is 0 Å². The number of rotatable bonds is 6. The van der Waals surface area contributed by atoms with Crippen LogP contribution < -0.4 is 0 Å².